The molecule has 0 saturated heterocycles. The maximum absolute atomic E-state index is 12.3. The smallest absolute Gasteiger partial charge is 0.371 e. The number of rotatable bonds is 6. The minimum atomic E-state index is -1.20. The number of benzene rings is 1. The van der Waals surface area contributed by atoms with Crippen LogP contribution in [0.5, 0.6) is 5.75 Å². The quantitative estimate of drug-likeness (QED) is 0.885. The summed E-state index contributed by atoms with van der Waals surface area (Å²) in [7, 11) is 1.63. The summed E-state index contributed by atoms with van der Waals surface area (Å²) >= 11 is 0. The van der Waals surface area contributed by atoms with Crippen LogP contribution in [0.2, 0.25) is 0 Å². The van der Waals surface area contributed by atoms with Crippen LogP contribution in [-0.4, -0.2) is 35.0 Å². The fourth-order valence-electron chi connectivity index (χ4n) is 2.09. The first-order valence-corrected chi connectivity index (χ1v) is 7.21. The maximum atomic E-state index is 12.3. The highest BCUT2D eigenvalue weighted by Gasteiger charge is 2.18. The lowest BCUT2D eigenvalue weighted by Crippen LogP contribution is -2.25. The lowest BCUT2D eigenvalue weighted by Gasteiger charge is -2.17. The van der Waals surface area contributed by atoms with Crippen LogP contribution < -0.4 is 4.74 Å². The molecule has 0 aliphatic rings. The Morgan fingerprint density at radius 1 is 1.22 bits per heavy atom. The summed E-state index contributed by atoms with van der Waals surface area (Å²) in [5.41, 5.74) is 0.906. The van der Waals surface area contributed by atoms with Crippen molar-refractivity contribution in [1.29, 1.82) is 0 Å². The van der Waals surface area contributed by atoms with Gasteiger partial charge in [-0.3, -0.25) is 4.79 Å². The van der Waals surface area contributed by atoms with E-state index in [-0.39, 0.29) is 23.5 Å². The molecule has 0 aliphatic carbocycles. The number of furan rings is 1. The SMILES string of the molecule is CC(C)Oc1cccc(CN(C)C(=O)c2ccc(C(=O)O)o2)c1. The largest absolute Gasteiger partial charge is 0.491 e. The second-order valence-electron chi connectivity index (χ2n) is 5.44. The van der Waals surface area contributed by atoms with E-state index in [1.54, 1.807) is 7.05 Å². The highest BCUT2D eigenvalue weighted by molar-refractivity contribution is 5.93. The van der Waals surface area contributed by atoms with Gasteiger partial charge in [0.05, 0.1) is 6.10 Å². The predicted octanol–water partition coefficient (Wildman–Crippen LogP) is 3.04. The van der Waals surface area contributed by atoms with Crippen LogP contribution in [0.15, 0.2) is 40.8 Å². The van der Waals surface area contributed by atoms with Gasteiger partial charge in [-0.1, -0.05) is 12.1 Å². The van der Waals surface area contributed by atoms with E-state index >= 15 is 0 Å². The summed E-state index contributed by atoms with van der Waals surface area (Å²) in [4.78, 5) is 24.5. The molecule has 1 N–H and O–H groups in total. The molecule has 1 heterocycles. The third kappa shape index (κ3) is 4.35. The predicted molar refractivity (Wildman–Crippen MR) is 83.7 cm³/mol. The zero-order valence-corrected chi connectivity index (χ0v) is 13.3. The Morgan fingerprint density at radius 3 is 2.52 bits per heavy atom. The van der Waals surface area contributed by atoms with Crippen LogP contribution in [0.1, 0.15) is 40.5 Å². The highest BCUT2D eigenvalue weighted by Crippen LogP contribution is 2.17. The molecule has 23 heavy (non-hydrogen) atoms. The molecule has 6 heteroatoms. The topological polar surface area (TPSA) is 80.0 Å². The molecule has 1 amide bonds. The molecular formula is C17H19NO5. The first-order valence-electron chi connectivity index (χ1n) is 7.21. The number of carboxylic acids is 1. The summed E-state index contributed by atoms with van der Waals surface area (Å²) < 4.78 is 10.7. The van der Waals surface area contributed by atoms with E-state index in [4.69, 9.17) is 14.3 Å². The van der Waals surface area contributed by atoms with E-state index in [0.717, 1.165) is 11.3 Å². The number of amides is 1. The van der Waals surface area contributed by atoms with Crippen LogP contribution in [0.4, 0.5) is 0 Å². The minimum absolute atomic E-state index is 0.000477. The van der Waals surface area contributed by atoms with E-state index in [0.29, 0.717) is 6.54 Å². The summed E-state index contributed by atoms with van der Waals surface area (Å²) in [6.45, 7) is 4.25. The summed E-state index contributed by atoms with van der Waals surface area (Å²) in [5, 5.41) is 8.82. The number of ether oxygens (including phenoxy) is 1. The van der Waals surface area contributed by atoms with Crippen molar-refractivity contribution >= 4 is 11.9 Å². The second kappa shape index (κ2) is 7.00. The molecular weight excluding hydrogens is 298 g/mol. The zero-order valence-electron chi connectivity index (χ0n) is 13.3. The van der Waals surface area contributed by atoms with E-state index < -0.39 is 5.97 Å². The molecule has 0 radical (unpaired) electrons. The Morgan fingerprint density at radius 2 is 1.91 bits per heavy atom. The molecule has 2 rings (SSSR count). The molecule has 1 aromatic carbocycles. The highest BCUT2D eigenvalue weighted by atomic mass is 16.5. The lowest BCUT2D eigenvalue weighted by molar-refractivity contribution is 0.0652. The van der Waals surface area contributed by atoms with Gasteiger partial charge in [0, 0.05) is 13.6 Å². The van der Waals surface area contributed by atoms with Gasteiger partial charge in [0.25, 0.3) is 5.91 Å². The fraction of sp³-hybridized carbons (Fsp3) is 0.294. The molecule has 0 saturated carbocycles. The monoisotopic (exact) mass is 317 g/mol. The first-order chi connectivity index (χ1) is 10.9. The van der Waals surface area contributed by atoms with E-state index in [9.17, 15) is 9.59 Å². The first kappa shape index (κ1) is 16.6. The van der Waals surface area contributed by atoms with Crippen LogP contribution in [0, 0.1) is 0 Å². The normalized spacial score (nSPS) is 10.6. The maximum Gasteiger partial charge on any atom is 0.371 e. The van der Waals surface area contributed by atoms with E-state index in [1.165, 1.54) is 17.0 Å². The van der Waals surface area contributed by atoms with Gasteiger partial charge in [0.1, 0.15) is 5.75 Å². The molecule has 2 aromatic rings. The number of carboxylic acid groups (broad SMARTS) is 1. The number of carbonyl (C=O) groups excluding carboxylic acids is 1. The Hall–Kier alpha value is -2.76. The molecule has 0 spiro atoms. The lowest BCUT2D eigenvalue weighted by atomic mass is 10.2. The summed E-state index contributed by atoms with van der Waals surface area (Å²) in [6.07, 6.45) is 0.0715. The van der Waals surface area contributed by atoms with Crippen molar-refractivity contribution in [2.45, 2.75) is 26.5 Å². The Labute approximate surface area is 134 Å². The number of nitrogens with zero attached hydrogens (tertiary/aromatic N) is 1. The van der Waals surface area contributed by atoms with E-state index in [2.05, 4.69) is 0 Å². The standard InChI is InChI=1S/C17H19NO5/c1-11(2)22-13-6-4-5-12(9-13)10-18(3)16(19)14-7-8-15(23-14)17(20)21/h4-9,11H,10H2,1-3H3,(H,20,21). The number of carbonyl (C=O) groups is 2. The van der Waals surface area contributed by atoms with Crippen molar-refractivity contribution < 1.29 is 23.8 Å². The Kier molecular flexibility index (Phi) is 5.05. The molecule has 0 unspecified atom stereocenters. The van der Waals surface area contributed by atoms with Gasteiger partial charge in [-0.25, -0.2) is 4.79 Å². The van der Waals surface area contributed by atoms with Gasteiger partial charge < -0.3 is 19.2 Å². The fourth-order valence-corrected chi connectivity index (χ4v) is 2.09. The summed E-state index contributed by atoms with van der Waals surface area (Å²) in [5.74, 6) is -1.10. The van der Waals surface area contributed by atoms with Gasteiger partial charge in [-0.15, -0.1) is 0 Å². The average molecular weight is 317 g/mol. The number of hydrogen-bond donors (Lipinski definition) is 1. The van der Waals surface area contributed by atoms with Crippen molar-refractivity contribution in [3.63, 3.8) is 0 Å². The third-order valence-electron chi connectivity index (χ3n) is 3.06. The number of hydrogen-bond acceptors (Lipinski definition) is 4. The molecule has 0 fully saturated rings. The van der Waals surface area contributed by atoms with Crippen molar-refractivity contribution in [1.82, 2.24) is 4.90 Å². The van der Waals surface area contributed by atoms with Crippen molar-refractivity contribution in [3.8, 4) is 5.75 Å². The summed E-state index contributed by atoms with van der Waals surface area (Å²) in [6, 6.07) is 10.1. The molecule has 1 aromatic heterocycles. The van der Waals surface area contributed by atoms with Gasteiger partial charge >= 0.3 is 5.97 Å². The minimum Gasteiger partial charge on any atom is -0.491 e. The van der Waals surface area contributed by atoms with Crippen molar-refractivity contribution in [2.24, 2.45) is 0 Å². The van der Waals surface area contributed by atoms with Crippen LogP contribution in [0.3, 0.4) is 0 Å². The van der Waals surface area contributed by atoms with Gasteiger partial charge in [-0.05, 0) is 43.7 Å². The Balaban J connectivity index is 2.07. The Bertz CT molecular complexity index is 705. The van der Waals surface area contributed by atoms with Crippen LogP contribution in [-0.2, 0) is 6.54 Å². The second-order valence-corrected chi connectivity index (χ2v) is 5.44. The molecule has 122 valence electrons. The third-order valence-corrected chi connectivity index (χ3v) is 3.06. The zero-order chi connectivity index (χ0) is 17.0. The average Bonchev–Trinajstić information content (AvgIpc) is 2.96. The van der Waals surface area contributed by atoms with Crippen molar-refractivity contribution in [3.05, 3.63) is 53.5 Å². The van der Waals surface area contributed by atoms with Crippen LogP contribution >= 0.6 is 0 Å². The number of aromatic carboxylic acids is 1. The van der Waals surface area contributed by atoms with Gasteiger partial charge in [0.15, 0.2) is 5.76 Å². The molecule has 0 atom stereocenters. The van der Waals surface area contributed by atoms with E-state index in [1.807, 2.05) is 38.1 Å². The van der Waals surface area contributed by atoms with Gasteiger partial charge in [0.2, 0.25) is 5.76 Å². The van der Waals surface area contributed by atoms with Crippen molar-refractivity contribution in [2.75, 3.05) is 7.05 Å². The van der Waals surface area contributed by atoms with Gasteiger partial charge in [-0.2, -0.15) is 0 Å². The molecule has 6 nitrogen and oxygen atoms in total. The molecule has 0 bridgehead atoms. The van der Waals surface area contributed by atoms with Crippen LogP contribution in [0.25, 0.3) is 0 Å². The molecule has 0 aliphatic heterocycles.